The van der Waals surface area contributed by atoms with Crippen LogP contribution in [0.1, 0.15) is 64.3 Å². The monoisotopic (exact) mass is 720 g/mol. The van der Waals surface area contributed by atoms with Crippen LogP contribution in [0.15, 0.2) is 29.8 Å². The van der Waals surface area contributed by atoms with E-state index in [1.165, 1.54) is 4.90 Å². The summed E-state index contributed by atoms with van der Waals surface area (Å²) in [4.78, 5) is 57.4. The lowest BCUT2D eigenvalue weighted by molar-refractivity contribution is -0.144. The quantitative estimate of drug-likeness (QED) is 0.139. The van der Waals surface area contributed by atoms with E-state index in [1.54, 1.807) is 11.3 Å². The van der Waals surface area contributed by atoms with E-state index < -0.39 is 35.5 Å². The van der Waals surface area contributed by atoms with Gasteiger partial charge in [0.25, 0.3) is 0 Å². The molecule has 0 saturated carbocycles. The van der Waals surface area contributed by atoms with Gasteiger partial charge < -0.3 is 44.7 Å². The number of carbonyl (C=O) groups is 4. The lowest BCUT2D eigenvalue weighted by atomic mass is 9.85. The number of likely N-dealkylation sites (tertiary alicyclic amines) is 1. The van der Waals surface area contributed by atoms with E-state index >= 15 is 0 Å². The van der Waals surface area contributed by atoms with Crippen LogP contribution in [0.2, 0.25) is 0 Å². The molecule has 1 aromatic heterocycles. The first-order chi connectivity index (χ1) is 23.8. The average Bonchev–Trinajstić information content (AvgIpc) is 3.68. The molecule has 1 fully saturated rings. The van der Waals surface area contributed by atoms with Crippen molar-refractivity contribution in [1.29, 1.82) is 0 Å². The second kappa shape index (κ2) is 20.4. The summed E-state index contributed by atoms with van der Waals surface area (Å²) in [6, 6.07) is 5.75. The van der Waals surface area contributed by atoms with Crippen LogP contribution in [-0.4, -0.2) is 121 Å². The lowest BCUT2D eigenvalue weighted by Crippen LogP contribution is -2.58. The van der Waals surface area contributed by atoms with Gasteiger partial charge in [-0.25, -0.2) is 4.98 Å². The molecular formula is C35H52N4O10S. The first kappa shape index (κ1) is 41.0. The minimum atomic E-state index is -0.929. The van der Waals surface area contributed by atoms with Crippen LogP contribution < -0.4 is 10.6 Å². The van der Waals surface area contributed by atoms with Crippen LogP contribution in [0.25, 0.3) is 10.4 Å². The zero-order valence-corrected chi connectivity index (χ0v) is 30.5. The summed E-state index contributed by atoms with van der Waals surface area (Å²) in [5, 5.41) is 24.9. The summed E-state index contributed by atoms with van der Waals surface area (Å²) in [5.74, 6) is -2.07. The Morgan fingerprint density at radius 2 is 1.48 bits per heavy atom. The molecule has 3 rings (SSSR count). The fourth-order valence-electron chi connectivity index (χ4n) is 5.33. The number of aliphatic carboxylic acids is 1. The third-order valence-electron chi connectivity index (χ3n) is 8.11. The molecule has 278 valence electrons. The zero-order chi connectivity index (χ0) is 36.7. The molecule has 3 amide bonds. The van der Waals surface area contributed by atoms with Gasteiger partial charge in [0.05, 0.1) is 87.5 Å². The largest absolute Gasteiger partial charge is 0.481 e. The molecule has 0 radical (unpaired) electrons. The number of aliphatic hydroxyl groups excluding tert-OH is 1. The number of carboxylic acid groups (broad SMARTS) is 1. The Kier molecular flexibility index (Phi) is 16.7. The minimum absolute atomic E-state index is 0.00856. The highest BCUT2D eigenvalue weighted by Crippen LogP contribution is 2.29. The van der Waals surface area contributed by atoms with Crippen molar-refractivity contribution in [3.63, 3.8) is 0 Å². The number of carbonyl (C=O) groups excluding carboxylic acids is 3. The van der Waals surface area contributed by atoms with Crippen LogP contribution in [0.4, 0.5) is 0 Å². The number of aliphatic hydroxyl groups is 1. The molecule has 2 aromatic rings. The molecule has 0 aliphatic carbocycles. The lowest BCUT2D eigenvalue weighted by Gasteiger charge is -2.35. The summed E-state index contributed by atoms with van der Waals surface area (Å²) >= 11 is 1.57. The minimum Gasteiger partial charge on any atom is -0.481 e. The van der Waals surface area contributed by atoms with Gasteiger partial charge in [0.1, 0.15) is 12.1 Å². The van der Waals surface area contributed by atoms with E-state index in [4.69, 9.17) is 24.1 Å². The zero-order valence-electron chi connectivity index (χ0n) is 29.6. The van der Waals surface area contributed by atoms with Gasteiger partial charge in [-0.15, -0.1) is 11.3 Å². The number of carboxylic acids is 1. The molecule has 0 spiro atoms. The van der Waals surface area contributed by atoms with Crippen LogP contribution in [0.5, 0.6) is 0 Å². The van der Waals surface area contributed by atoms with E-state index in [-0.39, 0.29) is 63.5 Å². The Labute approximate surface area is 297 Å². The number of amides is 3. The Bertz CT molecular complexity index is 1380. The molecule has 1 saturated heterocycles. The van der Waals surface area contributed by atoms with Crippen LogP contribution in [0, 0.1) is 12.3 Å². The number of nitrogens with one attached hydrogen (secondary N) is 2. The number of nitrogens with zero attached hydrogens (tertiary/aromatic N) is 2. The predicted octanol–water partition coefficient (Wildman–Crippen LogP) is 2.72. The Hall–Kier alpha value is -3.47. The van der Waals surface area contributed by atoms with Gasteiger partial charge in [-0.3, -0.25) is 19.2 Å². The van der Waals surface area contributed by atoms with E-state index in [0.717, 1.165) is 21.7 Å². The third kappa shape index (κ3) is 13.3. The van der Waals surface area contributed by atoms with Crippen molar-refractivity contribution in [3.8, 4) is 10.4 Å². The second-order valence-corrected chi connectivity index (χ2v) is 14.1. The highest BCUT2D eigenvalue weighted by Gasteiger charge is 2.44. The van der Waals surface area contributed by atoms with Gasteiger partial charge in [0.2, 0.25) is 17.7 Å². The van der Waals surface area contributed by atoms with Crippen LogP contribution in [0.3, 0.4) is 0 Å². The van der Waals surface area contributed by atoms with Crippen molar-refractivity contribution >= 4 is 35.0 Å². The summed E-state index contributed by atoms with van der Waals surface area (Å²) in [5.41, 5.74) is 4.05. The van der Waals surface area contributed by atoms with E-state index in [9.17, 15) is 24.3 Å². The van der Waals surface area contributed by atoms with Crippen molar-refractivity contribution < 1.29 is 48.3 Å². The van der Waals surface area contributed by atoms with Gasteiger partial charge in [0, 0.05) is 19.4 Å². The Morgan fingerprint density at radius 1 is 0.920 bits per heavy atom. The Balaban J connectivity index is 1.42. The molecule has 4 atom stereocenters. The van der Waals surface area contributed by atoms with E-state index in [0.29, 0.717) is 33.0 Å². The van der Waals surface area contributed by atoms with E-state index in [1.807, 2.05) is 64.4 Å². The number of ether oxygens (including phenoxy) is 4. The third-order valence-corrected chi connectivity index (χ3v) is 9.09. The maximum absolute atomic E-state index is 13.9. The molecular weight excluding hydrogens is 668 g/mol. The van der Waals surface area contributed by atoms with Crippen molar-refractivity contribution in [2.45, 2.75) is 78.1 Å². The SMILES string of the molecule is Cc1ncsc1-c1ccc([C@H](C)NC(=O)[C@@H]2C[C@@H](O)CN2C(=O)[C@@H](NC(=O)CCOCCOCCOCCOCCC(=O)O)C(C)(C)C)cc1. The van der Waals surface area contributed by atoms with Crippen molar-refractivity contribution in [2.24, 2.45) is 5.41 Å². The van der Waals surface area contributed by atoms with Crippen LogP contribution in [-0.2, 0) is 38.1 Å². The maximum atomic E-state index is 13.9. The van der Waals surface area contributed by atoms with Crippen molar-refractivity contribution in [2.75, 3.05) is 59.4 Å². The first-order valence-electron chi connectivity index (χ1n) is 16.9. The van der Waals surface area contributed by atoms with Crippen molar-refractivity contribution in [1.82, 2.24) is 20.5 Å². The molecule has 2 heterocycles. The van der Waals surface area contributed by atoms with Gasteiger partial charge in [0.15, 0.2) is 0 Å². The molecule has 1 aliphatic rings. The summed E-state index contributed by atoms with van der Waals surface area (Å²) in [7, 11) is 0. The van der Waals surface area contributed by atoms with Gasteiger partial charge in [-0.05, 0) is 30.4 Å². The number of benzene rings is 1. The first-order valence-corrected chi connectivity index (χ1v) is 17.8. The topological polar surface area (TPSA) is 186 Å². The number of hydrogen-bond donors (Lipinski definition) is 4. The summed E-state index contributed by atoms with van der Waals surface area (Å²) in [6.45, 7) is 11.5. The number of thiazole rings is 1. The maximum Gasteiger partial charge on any atom is 0.305 e. The molecule has 1 aromatic carbocycles. The molecule has 4 N–H and O–H groups in total. The number of hydrogen-bond acceptors (Lipinski definition) is 11. The van der Waals surface area contributed by atoms with Gasteiger partial charge >= 0.3 is 5.97 Å². The fraction of sp³-hybridized carbons (Fsp3) is 0.629. The average molecular weight is 721 g/mol. The molecule has 14 nitrogen and oxygen atoms in total. The molecule has 1 aliphatic heterocycles. The summed E-state index contributed by atoms with van der Waals surface area (Å²) < 4.78 is 21.4. The molecule has 15 heteroatoms. The fourth-order valence-corrected chi connectivity index (χ4v) is 6.15. The Morgan fingerprint density at radius 3 is 2.00 bits per heavy atom. The van der Waals surface area contributed by atoms with Gasteiger partial charge in [-0.1, -0.05) is 45.0 Å². The highest BCUT2D eigenvalue weighted by atomic mass is 32.1. The number of aromatic nitrogens is 1. The normalized spacial score (nSPS) is 17.4. The smallest absolute Gasteiger partial charge is 0.305 e. The molecule has 50 heavy (non-hydrogen) atoms. The van der Waals surface area contributed by atoms with E-state index in [2.05, 4.69) is 15.6 Å². The standard InChI is InChI=1S/C35H52N4O10S/c1-23(25-6-8-26(9-7-25)31-24(2)36-22-50-31)37-33(44)28-20-27(40)21-39(28)34(45)32(35(3,4)5)38-29(41)10-12-46-14-16-48-18-19-49-17-15-47-13-11-30(42)43/h6-9,22-23,27-28,32,40H,10-21H2,1-5H3,(H,37,44)(H,38,41)(H,42,43)/t23-,27+,28-,32+/m0/s1. The number of β-amino-alcohol motifs (C(OH)–C–C–N with tert-alkyl or cyclic N) is 1. The van der Waals surface area contributed by atoms with Crippen molar-refractivity contribution in [3.05, 3.63) is 41.0 Å². The van der Waals surface area contributed by atoms with Gasteiger partial charge in [-0.2, -0.15) is 0 Å². The number of rotatable bonds is 21. The molecule has 0 unspecified atom stereocenters. The predicted molar refractivity (Wildman–Crippen MR) is 187 cm³/mol. The summed E-state index contributed by atoms with van der Waals surface area (Å²) in [6.07, 6.45) is -0.786. The molecule has 0 bridgehead atoms. The highest BCUT2D eigenvalue weighted by molar-refractivity contribution is 7.13. The second-order valence-electron chi connectivity index (χ2n) is 13.2. The van der Waals surface area contributed by atoms with Crippen LogP contribution >= 0.6 is 11.3 Å². The number of aryl methyl sites for hydroxylation is 1.